The van der Waals surface area contributed by atoms with Crippen molar-refractivity contribution >= 4 is 5.91 Å². The molecule has 1 heterocycles. The van der Waals surface area contributed by atoms with E-state index in [1.165, 1.54) is 0 Å². The molecule has 3 aromatic rings. The van der Waals surface area contributed by atoms with Gasteiger partial charge < -0.3 is 9.64 Å². The topological polar surface area (TPSA) is 47.4 Å². The smallest absolute Gasteiger partial charge is 0.254 e. The minimum atomic E-state index is -0.0440. The second-order valence-electron chi connectivity index (χ2n) is 7.02. The van der Waals surface area contributed by atoms with Crippen molar-refractivity contribution < 1.29 is 9.53 Å². The number of amides is 1. The Labute approximate surface area is 160 Å². The maximum absolute atomic E-state index is 12.8. The van der Waals surface area contributed by atoms with Crippen LogP contribution in [0.25, 0.3) is 5.69 Å². The Kier molecular flexibility index (Phi) is 5.91. The SMILES string of the molecule is CC(C)COc1cccc(C(=O)N(C)Cc2cnn(-c3ccccc3)c2)c1. The first-order valence-electron chi connectivity index (χ1n) is 9.10. The molecule has 0 bridgehead atoms. The molecule has 27 heavy (non-hydrogen) atoms. The van der Waals surface area contributed by atoms with Gasteiger partial charge in [0.2, 0.25) is 0 Å². The highest BCUT2D eigenvalue weighted by molar-refractivity contribution is 5.94. The normalized spacial score (nSPS) is 10.8. The Morgan fingerprint density at radius 2 is 1.93 bits per heavy atom. The van der Waals surface area contributed by atoms with Crippen molar-refractivity contribution in [2.24, 2.45) is 5.92 Å². The van der Waals surface area contributed by atoms with E-state index in [0.717, 1.165) is 17.0 Å². The zero-order chi connectivity index (χ0) is 19.2. The fraction of sp³-hybridized carbons (Fsp3) is 0.273. The summed E-state index contributed by atoms with van der Waals surface area (Å²) in [5.41, 5.74) is 2.59. The highest BCUT2D eigenvalue weighted by atomic mass is 16.5. The Hall–Kier alpha value is -3.08. The summed E-state index contributed by atoms with van der Waals surface area (Å²) in [6.45, 7) is 5.31. The second kappa shape index (κ2) is 8.54. The lowest BCUT2D eigenvalue weighted by Gasteiger charge is -2.17. The van der Waals surface area contributed by atoms with Crippen LogP contribution in [0.15, 0.2) is 67.0 Å². The molecule has 1 aromatic heterocycles. The van der Waals surface area contributed by atoms with E-state index in [1.54, 1.807) is 24.2 Å². The van der Waals surface area contributed by atoms with Gasteiger partial charge in [-0.1, -0.05) is 38.1 Å². The lowest BCUT2D eigenvalue weighted by atomic mass is 10.2. The minimum Gasteiger partial charge on any atom is -0.493 e. The molecule has 0 aliphatic heterocycles. The summed E-state index contributed by atoms with van der Waals surface area (Å²) in [7, 11) is 1.80. The molecule has 5 nitrogen and oxygen atoms in total. The molecule has 0 saturated carbocycles. The van der Waals surface area contributed by atoms with Crippen molar-refractivity contribution in [2.45, 2.75) is 20.4 Å². The first-order chi connectivity index (χ1) is 13.0. The summed E-state index contributed by atoms with van der Waals surface area (Å²) in [6.07, 6.45) is 3.74. The van der Waals surface area contributed by atoms with Crippen LogP contribution in [0.2, 0.25) is 0 Å². The summed E-state index contributed by atoms with van der Waals surface area (Å²) in [5.74, 6) is 1.12. The lowest BCUT2D eigenvalue weighted by Crippen LogP contribution is -2.26. The number of carbonyl (C=O) groups is 1. The molecule has 0 saturated heterocycles. The standard InChI is InChI=1S/C22H25N3O2/c1-17(2)16-27-21-11-7-8-19(12-21)22(26)24(3)14-18-13-23-25(15-18)20-9-5-4-6-10-20/h4-13,15,17H,14,16H2,1-3H3. The summed E-state index contributed by atoms with van der Waals surface area (Å²) in [5, 5.41) is 4.39. The number of aromatic nitrogens is 2. The van der Waals surface area contributed by atoms with Gasteiger partial charge in [0.1, 0.15) is 5.75 Å². The Bertz CT molecular complexity index is 887. The summed E-state index contributed by atoms with van der Waals surface area (Å²) in [6, 6.07) is 17.2. The number of hydrogen-bond acceptors (Lipinski definition) is 3. The third-order valence-electron chi connectivity index (χ3n) is 4.09. The first kappa shape index (κ1) is 18.7. The first-order valence-corrected chi connectivity index (χ1v) is 9.10. The Balaban J connectivity index is 1.66. The Morgan fingerprint density at radius 3 is 2.67 bits per heavy atom. The highest BCUT2D eigenvalue weighted by Crippen LogP contribution is 2.17. The van der Waals surface area contributed by atoms with Crippen LogP contribution in [0.5, 0.6) is 5.75 Å². The molecule has 0 radical (unpaired) electrons. The third-order valence-corrected chi connectivity index (χ3v) is 4.09. The predicted octanol–water partition coefficient (Wildman–Crippen LogP) is 4.18. The molecular weight excluding hydrogens is 338 g/mol. The average Bonchev–Trinajstić information content (AvgIpc) is 3.15. The Morgan fingerprint density at radius 1 is 1.15 bits per heavy atom. The fourth-order valence-electron chi connectivity index (χ4n) is 2.71. The maximum Gasteiger partial charge on any atom is 0.254 e. The quantitative estimate of drug-likeness (QED) is 0.633. The van der Waals surface area contributed by atoms with E-state index in [1.807, 2.05) is 59.4 Å². The van der Waals surface area contributed by atoms with Crippen LogP contribution in [0, 0.1) is 5.92 Å². The van der Waals surface area contributed by atoms with E-state index in [4.69, 9.17) is 4.74 Å². The highest BCUT2D eigenvalue weighted by Gasteiger charge is 2.14. The van der Waals surface area contributed by atoms with Crippen molar-refractivity contribution in [1.29, 1.82) is 0 Å². The number of para-hydroxylation sites is 1. The number of rotatable bonds is 7. The summed E-state index contributed by atoms with van der Waals surface area (Å²) < 4.78 is 7.54. The minimum absolute atomic E-state index is 0.0440. The van der Waals surface area contributed by atoms with Crippen LogP contribution in [0.3, 0.4) is 0 Å². The van der Waals surface area contributed by atoms with Gasteiger partial charge >= 0.3 is 0 Å². The molecule has 2 aromatic carbocycles. The molecule has 5 heteroatoms. The number of nitrogens with zero attached hydrogens (tertiary/aromatic N) is 3. The zero-order valence-corrected chi connectivity index (χ0v) is 16.0. The molecular formula is C22H25N3O2. The third kappa shape index (κ3) is 4.97. The van der Waals surface area contributed by atoms with Gasteiger partial charge in [-0.2, -0.15) is 5.10 Å². The van der Waals surface area contributed by atoms with Gasteiger partial charge in [-0.3, -0.25) is 4.79 Å². The van der Waals surface area contributed by atoms with Gasteiger partial charge in [0, 0.05) is 30.9 Å². The van der Waals surface area contributed by atoms with E-state index in [0.29, 0.717) is 24.6 Å². The lowest BCUT2D eigenvalue weighted by molar-refractivity contribution is 0.0784. The molecule has 140 valence electrons. The van der Waals surface area contributed by atoms with Gasteiger partial charge in [0.05, 0.1) is 18.5 Å². The van der Waals surface area contributed by atoms with Crippen molar-refractivity contribution in [3.8, 4) is 11.4 Å². The number of carbonyl (C=O) groups excluding carboxylic acids is 1. The van der Waals surface area contributed by atoms with Crippen molar-refractivity contribution in [2.75, 3.05) is 13.7 Å². The molecule has 1 amide bonds. The summed E-state index contributed by atoms with van der Waals surface area (Å²) >= 11 is 0. The maximum atomic E-state index is 12.8. The largest absolute Gasteiger partial charge is 0.493 e. The van der Waals surface area contributed by atoms with Crippen molar-refractivity contribution in [3.05, 3.63) is 78.1 Å². The molecule has 0 unspecified atom stereocenters. The van der Waals surface area contributed by atoms with Crippen LogP contribution in [-0.2, 0) is 6.54 Å². The van der Waals surface area contributed by atoms with Crippen LogP contribution in [0.1, 0.15) is 29.8 Å². The summed E-state index contributed by atoms with van der Waals surface area (Å²) in [4.78, 5) is 14.4. The molecule has 0 fully saturated rings. The van der Waals surface area contributed by atoms with Gasteiger partial charge in [0.25, 0.3) is 5.91 Å². The van der Waals surface area contributed by atoms with Gasteiger partial charge in [-0.25, -0.2) is 4.68 Å². The molecule has 0 spiro atoms. The van der Waals surface area contributed by atoms with E-state index in [-0.39, 0.29) is 5.91 Å². The second-order valence-corrected chi connectivity index (χ2v) is 7.02. The van der Waals surface area contributed by atoms with E-state index >= 15 is 0 Å². The molecule has 0 aliphatic rings. The number of benzene rings is 2. The average molecular weight is 363 g/mol. The predicted molar refractivity (Wildman–Crippen MR) is 106 cm³/mol. The van der Waals surface area contributed by atoms with Gasteiger partial charge in [-0.15, -0.1) is 0 Å². The number of ether oxygens (including phenoxy) is 1. The van der Waals surface area contributed by atoms with Crippen molar-refractivity contribution in [1.82, 2.24) is 14.7 Å². The monoisotopic (exact) mass is 363 g/mol. The van der Waals surface area contributed by atoms with Crippen LogP contribution in [0.4, 0.5) is 0 Å². The van der Waals surface area contributed by atoms with Gasteiger partial charge in [-0.05, 0) is 36.2 Å². The molecule has 0 aliphatic carbocycles. The van der Waals surface area contributed by atoms with Gasteiger partial charge in [0.15, 0.2) is 0 Å². The van der Waals surface area contributed by atoms with Crippen LogP contribution >= 0.6 is 0 Å². The zero-order valence-electron chi connectivity index (χ0n) is 16.0. The fourth-order valence-corrected chi connectivity index (χ4v) is 2.71. The van der Waals surface area contributed by atoms with Crippen LogP contribution < -0.4 is 4.74 Å². The molecule has 0 N–H and O–H groups in total. The van der Waals surface area contributed by atoms with Crippen molar-refractivity contribution in [3.63, 3.8) is 0 Å². The number of hydrogen-bond donors (Lipinski definition) is 0. The molecule has 0 atom stereocenters. The van der Waals surface area contributed by atoms with Crippen LogP contribution in [-0.4, -0.2) is 34.2 Å². The van der Waals surface area contributed by atoms with E-state index < -0.39 is 0 Å². The van der Waals surface area contributed by atoms with E-state index in [2.05, 4.69) is 18.9 Å². The van der Waals surface area contributed by atoms with E-state index in [9.17, 15) is 4.79 Å². The molecule has 3 rings (SSSR count).